The zero-order chi connectivity index (χ0) is 13.0. The molecule has 1 aromatic rings. The number of ether oxygens (including phenoxy) is 2. The molecule has 0 bridgehead atoms. The fourth-order valence-electron chi connectivity index (χ4n) is 2.39. The lowest BCUT2D eigenvalue weighted by Gasteiger charge is -2.30. The molecule has 1 saturated heterocycles. The van der Waals surface area contributed by atoms with E-state index in [1.165, 1.54) is 4.88 Å². The van der Waals surface area contributed by atoms with Crippen LogP contribution >= 0.6 is 11.3 Å². The molecule has 2 atom stereocenters. The second-order valence-electron chi connectivity index (χ2n) is 5.31. The van der Waals surface area contributed by atoms with Crippen LogP contribution in [0.5, 0.6) is 0 Å². The van der Waals surface area contributed by atoms with Crippen LogP contribution in [-0.2, 0) is 9.47 Å². The monoisotopic (exact) mass is 269 g/mol. The van der Waals surface area contributed by atoms with Gasteiger partial charge in [-0.15, -0.1) is 11.3 Å². The van der Waals surface area contributed by atoms with Gasteiger partial charge in [-0.3, -0.25) is 0 Å². The molecule has 3 nitrogen and oxygen atoms in total. The summed E-state index contributed by atoms with van der Waals surface area (Å²) in [5, 5.41) is 5.80. The van der Waals surface area contributed by atoms with Crippen LogP contribution in [0.4, 0.5) is 0 Å². The Hall–Kier alpha value is -0.420. The first-order chi connectivity index (χ1) is 8.67. The molecular weight excluding hydrogens is 246 g/mol. The number of rotatable bonds is 6. The van der Waals surface area contributed by atoms with Crippen molar-refractivity contribution in [1.29, 1.82) is 0 Å². The quantitative estimate of drug-likeness (QED) is 0.861. The predicted molar refractivity (Wildman–Crippen MR) is 75.1 cm³/mol. The maximum absolute atomic E-state index is 5.66. The molecule has 0 saturated carbocycles. The van der Waals surface area contributed by atoms with E-state index in [2.05, 4.69) is 36.7 Å². The maximum Gasteiger partial charge on any atom is 0.106 e. The van der Waals surface area contributed by atoms with Crippen molar-refractivity contribution < 1.29 is 9.47 Å². The van der Waals surface area contributed by atoms with Gasteiger partial charge in [0.25, 0.3) is 0 Å². The smallest absolute Gasteiger partial charge is 0.106 e. The van der Waals surface area contributed by atoms with Crippen LogP contribution in [0.15, 0.2) is 17.5 Å². The van der Waals surface area contributed by atoms with E-state index in [1.807, 2.05) is 11.3 Å². The first-order valence-corrected chi connectivity index (χ1v) is 7.44. The van der Waals surface area contributed by atoms with Crippen molar-refractivity contribution in [2.24, 2.45) is 5.92 Å². The third kappa shape index (κ3) is 3.12. The number of hydrogen-bond donors (Lipinski definition) is 1. The fourth-order valence-corrected chi connectivity index (χ4v) is 3.36. The van der Waals surface area contributed by atoms with Gasteiger partial charge in [0.2, 0.25) is 0 Å². The zero-order valence-corrected chi connectivity index (χ0v) is 12.3. The second-order valence-corrected chi connectivity index (χ2v) is 6.29. The molecule has 18 heavy (non-hydrogen) atoms. The first-order valence-electron chi connectivity index (χ1n) is 6.56. The molecule has 0 aliphatic carbocycles. The highest BCUT2D eigenvalue weighted by molar-refractivity contribution is 7.10. The minimum atomic E-state index is -0.135. The molecule has 102 valence electrons. The van der Waals surface area contributed by atoms with Crippen molar-refractivity contribution in [3.63, 3.8) is 0 Å². The molecule has 1 aliphatic heterocycles. The number of hydrogen-bond acceptors (Lipinski definition) is 4. The summed E-state index contributed by atoms with van der Waals surface area (Å²) in [5.74, 6) is 0.569. The summed E-state index contributed by atoms with van der Waals surface area (Å²) in [4.78, 5) is 1.40. The molecule has 0 radical (unpaired) electrons. The van der Waals surface area contributed by atoms with Crippen LogP contribution < -0.4 is 5.32 Å². The van der Waals surface area contributed by atoms with E-state index >= 15 is 0 Å². The van der Waals surface area contributed by atoms with Crippen LogP contribution in [0, 0.1) is 5.92 Å². The summed E-state index contributed by atoms with van der Waals surface area (Å²) < 4.78 is 11.1. The van der Waals surface area contributed by atoms with Crippen LogP contribution in [0.25, 0.3) is 0 Å². The van der Waals surface area contributed by atoms with Crippen LogP contribution in [0.2, 0.25) is 0 Å². The van der Waals surface area contributed by atoms with Crippen molar-refractivity contribution in [3.05, 3.63) is 22.4 Å². The summed E-state index contributed by atoms with van der Waals surface area (Å²) >= 11 is 1.81. The first kappa shape index (κ1) is 14.0. The minimum Gasteiger partial charge on any atom is -0.378 e. The lowest BCUT2D eigenvalue weighted by atomic mass is 9.99. The maximum atomic E-state index is 5.66. The molecule has 4 heteroatoms. The van der Waals surface area contributed by atoms with Crippen LogP contribution in [0.1, 0.15) is 31.2 Å². The molecule has 1 N–H and O–H groups in total. The summed E-state index contributed by atoms with van der Waals surface area (Å²) in [5.41, 5.74) is -0.135. The molecule has 2 heterocycles. The van der Waals surface area contributed by atoms with Gasteiger partial charge in [-0.1, -0.05) is 19.9 Å². The number of thiophene rings is 1. The molecule has 1 aliphatic rings. The lowest BCUT2D eigenvalue weighted by Crippen LogP contribution is -2.44. The minimum absolute atomic E-state index is 0.135. The molecule has 2 rings (SSSR count). The van der Waals surface area contributed by atoms with Crippen LogP contribution in [0.3, 0.4) is 0 Å². The standard InChI is InChI=1S/C14H23NO2S/c1-11(2)13(12-5-4-8-18-12)15-9-14(16-3)6-7-17-10-14/h4-5,8,11,13,15H,6-7,9-10H2,1-3H3. The highest BCUT2D eigenvalue weighted by Gasteiger charge is 2.35. The van der Waals surface area contributed by atoms with Gasteiger partial charge >= 0.3 is 0 Å². The molecule has 0 aromatic carbocycles. The second kappa shape index (κ2) is 6.15. The third-order valence-electron chi connectivity index (χ3n) is 3.66. The molecular formula is C14H23NO2S. The SMILES string of the molecule is COC1(CNC(c2cccs2)C(C)C)CCOC1. The normalized spacial score (nSPS) is 25.8. The summed E-state index contributed by atoms with van der Waals surface area (Å²) in [6.45, 7) is 6.86. The third-order valence-corrected chi connectivity index (χ3v) is 4.62. The Labute approximate surface area is 113 Å². The van der Waals surface area contributed by atoms with E-state index in [-0.39, 0.29) is 5.60 Å². The van der Waals surface area contributed by atoms with E-state index in [0.29, 0.717) is 18.6 Å². The summed E-state index contributed by atoms with van der Waals surface area (Å²) in [6.07, 6.45) is 0.978. The highest BCUT2D eigenvalue weighted by Crippen LogP contribution is 2.28. The molecule has 1 aromatic heterocycles. The molecule has 2 unspecified atom stereocenters. The Morgan fingerprint density at radius 2 is 2.39 bits per heavy atom. The van der Waals surface area contributed by atoms with Gasteiger partial charge in [0.15, 0.2) is 0 Å². The van der Waals surface area contributed by atoms with Crippen LogP contribution in [-0.4, -0.2) is 32.5 Å². The van der Waals surface area contributed by atoms with E-state index in [9.17, 15) is 0 Å². The van der Waals surface area contributed by atoms with E-state index in [0.717, 1.165) is 19.6 Å². The number of nitrogens with one attached hydrogen (secondary N) is 1. The van der Waals surface area contributed by atoms with Gasteiger partial charge in [-0.05, 0) is 17.4 Å². The topological polar surface area (TPSA) is 30.5 Å². The van der Waals surface area contributed by atoms with Gasteiger partial charge in [-0.25, -0.2) is 0 Å². The fraction of sp³-hybridized carbons (Fsp3) is 0.714. The predicted octanol–water partition coefficient (Wildman–Crippen LogP) is 2.84. The van der Waals surface area contributed by atoms with Crippen molar-refractivity contribution >= 4 is 11.3 Å². The van der Waals surface area contributed by atoms with E-state index < -0.39 is 0 Å². The Kier molecular flexibility index (Phi) is 4.78. The van der Waals surface area contributed by atoms with Crippen molar-refractivity contribution in [2.75, 3.05) is 26.9 Å². The average molecular weight is 269 g/mol. The Balaban J connectivity index is 1.98. The van der Waals surface area contributed by atoms with Gasteiger partial charge in [0.05, 0.1) is 6.61 Å². The Morgan fingerprint density at radius 1 is 1.56 bits per heavy atom. The van der Waals surface area contributed by atoms with Gasteiger partial charge in [-0.2, -0.15) is 0 Å². The Morgan fingerprint density at radius 3 is 2.89 bits per heavy atom. The lowest BCUT2D eigenvalue weighted by molar-refractivity contribution is -0.0183. The highest BCUT2D eigenvalue weighted by atomic mass is 32.1. The zero-order valence-electron chi connectivity index (χ0n) is 11.4. The van der Waals surface area contributed by atoms with E-state index in [1.54, 1.807) is 7.11 Å². The Bertz CT molecular complexity index is 345. The molecule has 0 spiro atoms. The summed E-state index contributed by atoms with van der Waals surface area (Å²) in [6, 6.07) is 4.71. The molecule has 1 fully saturated rings. The van der Waals surface area contributed by atoms with Gasteiger partial charge < -0.3 is 14.8 Å². The average Bonchev–Trinajstić information content (AvgIpc) is 3.00. The van der Waals surface area contributed by atoms with Crippen molar-refractivity contribution in [1.82, 2.24) is 5.32 Å². The van der Waals surface area contributed by atoms with Crippen molar-refractivity contribution in [2.45, 2.75) is 31.9 Å². The summed E-state index contributed by atoms with van der Waals surface area (Å²) in [7, 11) is 1.78. The van der Waals surface area contributed by atoms with Gasteiger partial charge in [0.1, 0.15) is 5.60 Å². The molecule has 0 amide bonds. The largest absolute Gasteiger partial charge is 0.378 e. The number of methoxy groups -OCH3 is 1. The van der Waals surface area contributed by atoms with E-state index in [4.69, 9.17) is 9.47 Å². The van der Waals surface area contributed by atoms with Crippen molar-refractivity contribution in [3.8, 4) is 0 Å². The van der Waals surface area contributed by atoms with Gasteiger partial charge in [0, 0.05) is 37.6 Å².